The summed E-state index contributed by atoms with van der Waals surface area (Å²) in [6.07, 6.45) is 2.16. The minimum Gasteiger partial charge on any atom is -0.330 e. The molecule has 1 heterocycles. The first-order chi connectivity index (χ1) is 9.20. The number of tetrazole rings is 1. The van der Waals surface area contributed by atoms with E-state index in [4.69, 9.17) is 5.73 Å². The Bertz CT molecular complexity index is 539. The molecule has 2 aromatic rings. The van der Waals surface area contributed by atoms with Gasteiger partial charge in [0.25, 0.3) is 0 Å². The van der Waals surface area contributed by atoms with E-state index in [1.165, 1.54) is 11.0 Å². The van der Waals surface area contributed by atoms with E-state index in [-0.39, 0.29) is 11.8 Å². The SMILES string of the molecule is CC(CCN)C(=O)Nc1cccc(-n2cnnn2)c1. The smallest absolute Gasteiger partial charge is 0.227 e. The second kappa shape index (κ2) is 6.05. The number of aromatic nitrogens is 4. The molecule has 1 atom stereocenters. The lowest BCUT2D eigenvalue weighted by Gasteiger charge is -2.11. The number of nitrogens with zero attached hydrogens (tertiary/aromatic N) is 4. The van der Waals surface area contributed by atoms with Crippen molar-refractivity contribution in [3.05, 3.63) is 30.6 Å². The third-order valence-corrected chi connectivity index (χ3v) is 2.77. The number of hydrogen-bond donors (Lipinski definition) is 2. The molecule has 7 nitrogen and oxygen atoms in total. The summed E-state index contributed by atoms with van der Waals surface area (Å²) in [7, 11) is 0. The summed E-state index contributed by atoms with van der Waals surface area (Å²) in [5.41, 5.74) is 6.94. The summed E-state index contributed by atoms with van der Waals surface area (Å²) in [6.45, 7) is 2.35. The summed E-state index contributed by atoms with van der Waals surface area (Å²) in [5.74, 6) is -0.152. The zero-order valence-electron chi connectivity index (χ0n) is 10.7. The van der Waals surface area contributed by atoms with Gasteiger partial charge in [-0.25, -0.2) is 4.68 Å². The number of amides is 1. The molecule has 100 valence electrons. The highest BCUT2D eigenvalue weighted by Crippen LogP contribution is 2.14. The van der Waals surface area contributed by atoms with Gasteiger partial charge in [-0.15, -0.1) is 5.10 Å². The number of nitrogens with two attached hydrogens (primary N) is 1. The summed E-state index contributed by atoms with van der Waals surface area (Å²) in [4.78, 5) is 11.9. The molecule has 0 bridgehead atoms. The number of rotatable bonds is 5. The molecule has 19 heavy (non-hydrogen) atoms. The van der Waals surface area contributed by atoms with Gasteiger partial charge >= 0.3 is 0 Å². The maximum absolute atomic E-state index is 11.9. The molecule has 0 spiro atoms. The van der Waals surface area contributed by atoms with Gasteiger partial charge in [-0.2, -0.15) is 0 Å². The third-order valence-electron chi connectivity index (χ3n) is 2.77. The van der Waals surface area contributed by atoms with Crippen molar-refractivity contribution < 1.29 is 4.79 Å². The first-order valence-corrected chi connectivity index (χ1v) is 6.05. The minimum absolute atomic E-state index is 0.0423. The molecule has 0 fully saturated rings. The topological polar surface area (TPSA) is 98.7 Å². The molecule has 7 heteroatoms. The average Bonchev–Trinajstić information content (AvgIpc) is 2.93. The fourth-order valence-corrected chi connectivity index (χ4v) is 1.65. The average molecular weight is 260 g/mol. The molecule has 0 radical (unpaired) electrons. The Hall–Kier alpha value is -2.28. The van der Waals surface area contributed by atoms with Crippen LogP contribution in [-0.2, 0) is 4.79 Å². The van der Waals surface area contributed by atoms with Crippen molar-refractivity contribution in [3.63, 3.8) is 0 Å². The van der Waals surface area contributed by atoms with Crippen LogP contribution in [0, 0.1) is 5.92 Å². The number of anilines is 1. The van der Waals surface area contributed by atoms with Gasteiger partial charge in [0.1, 0.15) is 6.33 Å². The zero-order chi connectivity index (χ0) is 13.7. The predicted molar refractivity (Wildman–Crippen MR) is 70.6 cm³/mol. The summed E-state index contributed by atoms with van der Waals surface area (Å²) in [5, 5.41) is 13.8. The number of benzene rings is 1. The van der Waals surface area contributed by atoms with E-state index in [1.807, 2.05) is 31.2 Å². The standard InChI is InChI=1S/C12H16N6O/c1-9(5-6-13)12(19)15-10-3-2-4-11(7-10)18-8-14-16-17-18/h2-4,7-9H,5-6,13H2,1H3,(H,15,19). The molecule has 1 amide bonds. The van der Waals surface area contributed by atoms with E-state index in [2.05, 4.69) is 20.8 Å². The van der Waals surface area contributed by atoms with Crippen LogP contribution in [0.4, 0.5) is 5.69 Å². The van der Waals surface area contributed by atoms with Gasteiger partial charge in [0.05, 0.1) is 5.69 Å². The van der Waals surface area contributed by atoms with Crippen LogP contribution in [0.5, 0.6) is 0 Å². The maximum atomic E-state index is 11.9. The monoisotopic (exact) mass is 260 g/mol. The molecule has 3 N–H and O–H groups in total. The first kappa shape index (κ1) is 13.2. The van der Waals surface area contributed by atoms with Crippen LogP contribution in [-0.4, -0.2) is 32.7 Å². The van der Waals surface area contributed by atoms with Crippen molar-refractivity contribution in [3.8, 4) is 5.69 Å². The van der Waals surface area contributed by atoms with Crippen LogP contribution < -0.4 is 11.1 Å². The molecule has 1 aromatic carbocycles. The highest BCUT2D eigenvalue weighted by atomic mass is 16.1. The molecule has 1 unspecified atom stereocenters. The predicted octanol–water partition coefficient (Wildman–Crippen LogP) is 0.586. The molecular weight excluding hydrogens is 244 g/mol. The van der Waals surface area contributed by atoms with Gasteiger partial charge < -0.3 is 11.1 Å². The Morgan fingerprint density at radius 3 is 3.05 bits per heavy atom. The molecule has 0 aliphatic heterocycles. The molecule has 0 aliphatic rings. The van der Waals surface area contributed by atoms with Crippen molar-refractivity contribution in [1.82, 2.24) is 20.2 Å². The van der Waals surface area contributed by atoms with Crippen LogP contribution in [0.1, 0.15) is 13.3 Å². The Labute approximate surface area is 110 Å². The van der Waals surface area contributed by atoms with E-state index in [0.29, 0.717) is 18.7 Å². The number of carbonyl (C=O) groups excluding carboxylic acids is 1. The highest BCUT2D eigenvalue weighted by Gasteiger charge is 2.12. The van der Waals surface area contributed by atoms with Crippen LogP contribution in [0.3, 0.4) is 0 Å². The highest BCUT2D eigenvalue weighted by molar-refractivity contribution is 5.92. The van der Waals surface area contributed by atoms with Crippen LogP contribution in [0.15, 0.2) is 30.6 Å². The third kappa shape index (κ3) is 3.35. The lowest BCUT2D eigenvalue weighted by Crippen LogP contribution is -2.22. The fraction of sp³-hybridized carbons (Fsp3) is 0.333. The van der Waals surface area contributed by atoms with Crippen molar-refractivity contribution in [2.45, 2.75) is 13.3 Å². The minimum atomic E-state index is -0.110. The molecule has 0 saturated carbocycles. The molecule has 2 rings (SSSR count). The van der Waals surface area contributed by atoms with Gasteiger partial charge in [-0.1, -0.05) is 13.0 Å². The van der Waals surface area contributed by atoms with Gasteiger partial charge in [-0.05, 0) is 41.6 Å². The molecule has 0 saturated heterocycles. The normalized spacial score (nSPS) is 12.1. The Morgan fingerprint density at radius 1 is 1.53 bits per heavy atom. The summed E-state index contributed by atoms with van der Waals surface area (Å²) >= 11 is 0. The quantitative estimate of drug-likeness (QED) is 0.819. The lowest BCUT2D eigenvalue weighted by atomic mass is 10.1. The Morgan fingerprint density at radius 2 is 2.37 bits per heavy atom. The van der Waals surface area contributed by atoms with Crippen molar-refractivity contribution in [2.24, 2.45) is 11.7 Å². The molecular formula is C12H16N6O. The van der Waals surface area contributed by atoms with Crippen LogP contribution >= 0.6 is 0 Å². The van der Waals surface area contributed by atoms with E-state index >= 15 is 0 Å². The zero-order valence-corrected chi connectivity index (χ0v) is 10.7. The van der Waals surface area contributed by atoms with E-state index < -0.39 is 0 Å². The molecule has 1 aromatic heterocycles. The number of nitrogens with one attached hydrogen (secondary N) is 1. The lowest BCUT2D eigenvalue weighted by molar-refractivity contribution is -0.119. The maximum Gasteiger partial charge on any atom is 0.227 e. The Kier molecular flexibility index (Phi) is 4.19. The number of carbonyl (C=O) groups is 1. The van der Waals surface area contributed by atoms with Gasteiger partial charge in [0.2, 0.25) is 5.91 Å². The molecule has 0 aliphatic carbocycles. The Balaban J connectivity index is 2.09. The number of hydrogen-bond acceptors (Lipinski definition) is 5. The second-order valence-corrected chi connectivity index (χ2v) is 4.27. The van der Waals surface area contributed by atoms with Gasteiger partial charge in [0, 0.05) is 11.6 Å². The van der Waals surface area contributed by atoms with Crippen molar-refractivity contribution >= 4 is 11.6 Å². The second-order valence-electron chi connectivity index (χ2n) is 4.27. The van der Waals surface area contributed by atoms with E-state index in [9.17, 15) is 4.79 Å². The van der Waals surface area contributed by atoms with Crippen molar-refractivity contribution in [2.75, 3.05) is 11.9 Å². The fourth-order valence-electron chi connectivity index (χ4n) is 1.65. The van der Waals surface area contributed by atoms with Crippen LogP contribution in [0.2, 0.25) is 0 Å². The van der Waals surface area contributed by atoms with Gasteiger partial charge in [-0.3, -0.25) is 4.79 Å². The largest absolute Gasteiger partial charge is 0.330 e. The summed E-state index contributed by atoms with van der Waals surface area (Å²) < 4.78 is 1.53. The van der Waals surface area contributed by atoms with Crippen LogP contribution in [0.25, 0.3) is 5.69 Å². The van der Waals surface area contributed by atoms with Crippen molar-refractivity contribution in [1.29, 1.82) is 0 Å². The summed E-state index contributed by atoms with van der Waals surface area (Å²) in [6, 6.07) is 7.32. The van der Waals surface area contributed by atoms with Gasteiger partial charge in [0.15, 0.2) is 0 Å². The first-order valence-electron chi connectivity index (χ1n) is 6.05. The van der Waals surface area contributed by atoms with E-state index in [0.717, 1.165) is 5.69 Å². The van der Waals surface area contributed by atoms with E-state index in [1.54, 1.807) is 0 Å².